The van der Waals surface area contributed by atoms with Crippen LogP contribution in [0.4, 0.5) is 0 Å². The SMILES string of the molecule is CN=C(NCCCOC)NCC1(C2CC2)CCC1. The average Bonchev–Trinajstić information content (AvgIpc) is 3.15. The molecular formula is C14H27N3O. The van der Waals surface area contributed by atoms with E-state index in [-0.39, 0.29) is 0 Å². The van der Waals surface area contributed by atoms with E-state index in [1.807, 2.05) is 7.05 Å². The Morgan fingerprint density at radius 3 is 2.61 bits per heavy atom. The largest absolute Gasteiger partial charge is 0.385 e. The van der Waals surface area contributed by atoms with Gasteiger partial charge in [0.25, 0.3) is 0 Å². The van der Waals surface area contributed by atoms with E-state index in [4.69, 9.17) is 4.74 Å². The molecule has 0 unspecified atom stereocenters. The van der Waals surface area contributed by atoms with Crippen molar-refractivity contribution in [3.8, 4) is 0 Å². The summed E-state index contributed by atoms with van der Waals surface area (Å²) in [5.41, 5.74) is 0.601. The molecule has 0 aliphatic heterocycles. The molecule has 4 heteroatoms. The Balaban J connectivity index is 1.67. The molecule has 0 saturated heterocycles. The minimum Gasteiger partial charge on any atom is -0.385 e. The van der Waals surface area contributed by atoms with Crippen LogP contribution in [0.2, 0.25) is 0 Å². The smallest absolute Gasteiger partial charge is 0.190 e. The van der Waals surface area contributed by atoms with Gasteiger partial charge in [0.05, 0.1) is 0 Å². The summed E-state index contributed by atoms with van der Waals surface area (Å²) in [6.45, 7) is 2.82. The van der Waals surface area contributed by atoms with Gasteiger partial charge in [-0.25, -0.2) is 0 Å². The summed E-state index contributed by atoms with van der Waals surface area (Å²) < 4.78 is 5.04. The second kappa shape index (κ2) is 6.41. The van der Waals surface area contributed by atoms with Crippen LogP contribution in [0, 0.1) is 11.3 Å². The molecule has 0 aromatic rings. The van der Waals surface area contributed by atoms with Crippen LogP contribution < -0.4 is 10.6 Å². The van der Waals surface area contributed by atoms with E-state index in [2.05, 4.69) is 15.6 Å². The van der Waals surface area contributed by atoms with E-state index in [9.17, 15) is 0 Å². The molecule has 0 aromatic heterocycles. The van der Waals surface area contributed by atoms with Gasteiger partial charge in [0, 0.05) is 33.9 Å². The first-order valence-electron chi connectivity index (χ1n) is 7.24. The maximum absolute atomic E-state index is 5.04. The van der Waals surface area contributed by atoms with Gasteiger partial charge in [-0.05, 0) is 43.4 Å². The summed E-state index contributed by atoms with van der Waals surface area (Å²) in [6, 6.07) is 0. The third-order valence-electron chi connectivity index (χ3n) is 4.44. The van der Waals surface area contributed by atoms with Gasteiger partial charge < -0.3 is 15.4 Å². The van der Waals surface area contributed by atoms with Crippen molar-refractivity contribution in [2.75, 3.05) is 33.9 Å². The van der Waals surface area contributed by atoms with Crippen LogP contribution in [0.1, 0.15) is 38.5 Å². The van der Waals surface area contributed by atoms with Crippen LogP contribution in [0.25, 0.3) is 0 Å². The summed E-state index contributed by atoms with van der Waals surface area (Å²) >= 11 is 0. The molecule has 2 aliphatic carbocycles. The molecule has 0 spiro atoms. The normalized spacial score (nSPS) is 22.4. The predicted octanol–water partition coefficient (Wildman–Crippen LogP) is 1.77. The van der Waals surface area contributed by atoms with Crippen LogP contribution in [0.15, 0.2) is 4.99 Å². The minimum absolute atomic E-state index is 0.601. The third-order valence-corrected chi connectivity index (χ3v) is 4.44. The second-order valence-corrected chi connectivity index (χ2v) is 5.69. The zero-order valence-electron chi connectivity index (χ0n) is 11.8. The zero-order valence-corrected chi connectivity index (χ0v) is 11.8. The lowest BCUT2D eigenvalue weighted by molar-refractivity contribution is 0.106. The summed E-state index contributed by atoms with van der Waals surface area (Å²) in [4.78, 5) is 4.28. The fourth-order valence-electron chi connectivity index (χ4n) is 2.96. The number of ether oxygens (including phenoxy) is 1. The van der Waals surface area contributed by atoms with Crippen LogP contribution in [0.5, 0.6) is 0 Å². The van der Waals surface area contributed by atoms with Gasteiger partial charge in [-0.15, -0.1) is 0 Å². The molecule has 0 radical (unpaired) electrons. The molecule has 18 heavy (non-hydrogen) atoms. The molecule has 2 fully saturated rings. The molecule has 0 atom stereocenters. The van der Waals surface area contributed by atoms with Crippen molar-refractivity contribution in [1.29, 1.82) is 0 Å². The molecule has 2 saturated carbocycles. The molecule has 4 nitrogen and oxygen atoms in total. The Hall–Kier alpha value is -0.770. The average molecular weight is 253 g/mol. The highest BCUT2D eigenvalue weighted by Gasteiger charge is 2.48. The number of nitrogens with zero attached hydrogens (tertiary/aromatic N) is 1. The van der Waals surface area contributed by atoms with Gasteiger partial charge in [-0.2, -0.15) is 0 Å². The molecule has 0 aromatic carbocycles. The maximum atomic E-state index is 5.04. The summed E-state index contributed by atoms with van der Waals surface area (Å²) in [6.07, 6.45) is 8.14. The third kappa shape index (κ3) is 3.37. The van der Waals surface area contributed by atoms with Crippen molar-refractivity contribution >= 4 is 5.96 Å². The van der Waals surface area contributed by atoms with Gasteiger partial charge in [0.1, 0.15) is 0 Å². The monoisotopic (exact) mass is 253 g/mol. The first-order chi connectivity index (χ1) is 8.80. The van der Waals surface area contributed by atoms with Crippen molar-refractivity contribution in [3.63, 3.8) is 0 Å². The second-order valence-electron chi connectivity index (χ2n) is 5.69. The highest BCUT2D eigenvalue weighted by Crippen LogP contribution is 2.56. The van der Waals surface area contributed by atoms with Gasteiger partial charge in [0.2, 0.25) is 0 Å². The topological polar surface area (TPSA) is 45.7 Å². The van der Waals surface area contributed by atoms with Gasteiger partial charge in [-0.1, -0.05) is 6.42 Å². The van der Waals surface area contributed by atoms with Crippen LogP contribution in [-0.2, 0) is 4.74 Å². The Kier molecular flexibility index (Phi) is 4.87. The van der Waals surface area contributed by atoms with Gasteiger partial charge in [-0.3, -0.25) is 4.99 Å². The maximum Gasteiger partial charge on any atom is 0.190 e. The molecule has 2 aliphatic rings. The molecule has 104 valence electrons. The van der Waals surface area contributed by atoms with Crippen LogP contribution in [0.3, 0.4) is 0 Å². The fraction of sp³-hybridized carbons (Fsp3) is 0.929. The number of hydrogen-bond acceptors (Lipinski definition) is 2. The number of methoxy groups -OCH3 is 1. The summed E-state index contributed by atoms with van der Waals surface area (Å²) in [5.74, 6) is 1.93. The van der Waals surface area contributed by atoms with Crippen LogP contribution >= 0.6 is 0 Å². The molecule has 2 rings (SSSR count). The zero-order chi connectivity index (χ0) is 12.8. The number of guanidine groups is 1. The number of nitrogens with one attached hydrogen (secondary N) is 2. The molecule has 0 bridgehead atoms. The minimum atomic E-state index is 0.601. The quantitative estimate of drug-likeness (QED) is 0.413. The first kappa shape index (κ1) is 13.7. The molecule has 2 N–H and O–H groups in total. The van der Waals surface area contributed by atoms with E-state index in [1.54, 1.807) is 7.11 Å². The van der Waals surface area contributed by atoms with E-state index in [0.717, 1.165) is 38.0 Å². The molecule has 0 amide bonds. The first-order valence-corrected chi connectivity index (χ1v) is 7.24. The molecule has 0 heterocycles. The van der Waals surface area contributed by atoms with Crippen molar-refractivity contribution < 1.29 is 4.74 Å². The number of rotatable bonds is 7. The Morgan fingerprint density at radius 1 is 1.33 bits per heavy atom. The lowest BCUT2D eigenvalue weighted by Gasteiger charge is -2.43. The Labute approximate surface area is 111 Å². The van der Waals surface area contributed by atoms with Crippen molar-refractivity contribution in [3.05, 3.63) is 0 Å². The van der Waals surface area contributed by atoms with E-state index in [1.165, 1.54) is 32.1 Å². The highest BCUT2D eigenvalue weighted by molar-refractivity contribution is 5.79. The lowest BCUT2D eigenvalue weighted by atomic mass is 9.65. The van der Waals surface area contributed by atoms with E-state index in [0.29, 0.717) is 5.41 Å². The van der Waals surface area contributed by atoms with Crippen molar-refractivity contribution in [1.82, 2.24) is 10.6 Å². The Bertz CT molecular complexity index is 283. The number of hydrogen-bond donors (Lipinski definition) is 2. The van der Waals surface area contributed by atoms with E-state index < -0.39 is 0 Å². The lowest BCUT2D eigenvalue weighted by Crippen LogP contribution is -2.47. The predicted molar refractivity (Wildman–Crippen MR) is 74.9 cm³/mol. The highest BCUT2D eigenvalue weighted by atomic mass is 16.5. The standard InChI is InChI=1S/C14H27N3O/c1-15-13(16-9-4-10-18-2)17-11-14(7-3-8-14)12-5-6-12/h12H,3-11H2,1-2H3,(H2,15,16,17). The Morgan fingerprint density at radius 2 is 2.11 bits per heavy atom. The van der Waals surface area contributed by atoms with Crippen LogP contribution in [-0.4, -0.2) is 39.8 Å². The fourth-order valence-corrected chi connectivity index (χ4v) is 2.96. The molecular weight excluding hydrogens is 226 g/mol. The summed E-state index contributed by atoms with van der Waals surface area (Å²) in [5, 5.41) is 6.85. The van der Waals surface area contributed by atoms with Gasteiger partial charge in [0.15, 0.2) is 5.96 Å². The van der Waals surface area contributed by atoms with Crippen molar-refractivity contribution in [2.24, 2.45) is 16.3 Å². The van der Waals surface area contributed by atoms with Crippen molar-refractivity contribution in [2.45, 2.75) is 38.5 Å². The summed E-state index contributed by atoms with van der Waals surface area (Å²) in [7, 11) is 3.58. The van der Waals surface area contributed by atoms with Gasteiger partial charge >= 0.3 is 0 Å². The van der Waals surface area contributed by atoms with E-state index >= 15 is 0 Å². The number of aliphatic imine (C=N–C) groups is 1.